The number of Topliss-reactive ketones (excluding diaryl/α,β-unsaturated/α-hetero) is 1. The predicted molar refractivity (Wildman–Crippen MR) is 119 cm³/mol. The molecule has 204 valence electrons. The van der Waals surface area contributed by atoms with Crippen molar-refractivity contribution in [3.05, 3.63) is 23.8 Å². The third-order valence-electron chi connectivity index (χ3n) is 9.51. The minimum Gasteiger partial charge on any atom is -0.458 e. The maximum Gasteiger partial charge on any atom is 0.490 e. The number of ether oxygens (including phenoxy) is 2. The van der Waals surface area contributed by atoms with Gasteiger partial charge in [-0.2, -0.15) is 13.2 Å². The van der Waals surface area contributed by atoms with Crippen molar-refractivity contribution in [3.63, 3.8) is 0 Å². The summed E-state index contributed by atoms with van der Waals surface area (Å²) in [5, 5.41) is 11.8. The fourth-order valence-electron chi connectivity index (χ4n) is 7.70. The fourth-order valence-corrected chi connectivity index (χ4v) is 7.70. The van der Waals surface area contributed by atoms with Crippen molar-refractivity contribution in [2.24, 2.45) is 28.6 Å². The summed E-state index contributed by atoms with van der Waals surface area (Å²) >= 11 is 0. The van der Waals surface area contributed by atoms with Gasteiger partial charge in [0, 0.05) is 23.7 Å². The average molecular weight is 531 g/mol. The van der Waals surface area contributed by atoms with Crippen LogP contribution in [0.25, 0.3) is 0 Å². The molecule has 0 aromatic rings. The SMILES string of the molecule is CC(=O)OCC(=O)[C@@]1(O)C(C)C[C@H]2[C@@H]3CCC4=CC(=O)C=C[C@]4(C)[C@@]3(F)C(OC(=O)C(F)(F)F)C[C@@]21C. The van der Waals surface area contributed by atoms with Gasteiger partial charge in [0.25, 0.3) is 0 Å². The molecule has 8 atom stereocenters. The van der Waals surface area contributed by atoms with Crippen LogP contribution in [0.5, 0.6) is 0 Å². The second kappa shape index (κ2) is 8.47. The lowest BCUT2D eigenvalue weighted by Crippen LogP contribution is -2.70. The Bertz CT molecular complexity index is 1110. The van der Waals surface area contributed by atoms with Crippen LogP contribution in [0.1, 0.15) is 53.4 Å². The molecular formula is C26H30F4O7. The van der Waals surface area contributed by atoms with E-state index in [4.69, 9.17) is 9.47 Å². The van der Waals surface area contributed by atoms with Gasteiger partial charge in [-0.05, 0) is 56.6 Å². The molecule has 7 nitrogen and oxygen atoms in total. The van der Waals surface area contributed by atoms with E-state index in [2.05, 4.69) is 0 Å². The van der Waals surface area contributed by atoms with Gasteiger partial charge in [-0.3, -0.25) is 14.4 Å². The Morgan fingerprint density at radius 2 is 1.84 bits per heavy atom. The molecule has 0 amide bonds. The number of rotatable bonds is 4. The molecule has 3 fully saturated rings. The Kier molecular flexibility index (Phi) is 6.29. The molecule has 4 aliphatic carbocycles. The van der Waals surface area contributed by atoms with E-state index in [9.17, 15) is 37.5 Å². The van der Waals surface area contributed by atoms with Gasteiger partial charge >= 0.3 is 18.1 Å². The number of hydrogen-bond donors (Lipinski definition) is 1. The number of carbonyl (C=O) groups is 4. The predicted octanol–water partition coefficient (Wildman–Crippen LogP) is 3.58. The number of esters is 2. The summed E-state index contributed by atoms with van der Waals surface area (Å²) in [7, 11) is 0. The number of allylic oxidation sites excluding steroid dienone is 4. The summed E-state index contributed by atoms with van der Waals surface area (Å²) in [5.41, 5.74) is -7.38. The first kappa shape index (κ1) is 27.5. The molecule has 0 heterocycles. The molecule has 0 aliphatic heterocycles. The molecule has 1 N–H and O–H groups in total. The van der Waals surface area contributed by atoms with Crippen LogP contribution in [0, 0.1) is 28.6 Å². The number of hydrogen-bond acceptors (Lipinski definition) is 7. The molecule has 0 aromatic carbocycles. The van der Waals surface area contributed by atoms with Crippen molar-refractivity contribution in [1.82, 2.24) is 0 Å². The van der Waals surface area contributed by atoms with E-state index in [1.165, 1.54) is 26.0 Å². The van der Waals surface area contributed by atoms with E-state index in [1.807, 2.05) is 0 Å². The molecule has 2 unspecified atom stereocenters. The third kappa shape index (κ3) is 3.71. The van der Waals surface area contributed by atoms with Gasteiger partial charge in [-0.1, -0.05) is 25.5 Å². The average Bonchev–Trinajstić information content (AvgIpc) is 2.99. The van der Waals surface area contributed by atoms with Crippen LogP contribution in [0.15, 0.2) is 23.8 Å². The standard InChI is InChI=1S/C26H30F4O7/c1-13-9-18-17-6-5-15-10-16(32)7-8-22(15,3)24(17,27)20(37-21(34)26(28,29)30)11-23(18,4)25(13,35)19(33)12-36-14(2)31/h7-8,10,13,17-18,20,35H,5-6,9,11-12H2,1-4H3/t13?,17-,18-,20?,22-,23-,24-,25-/m0/s1. The van der Waals surface area contributed by atoms with E-state index < -0.39 is 82.9 Å². The molecule has 11 heteroatoms. The van der Waals surface area contributed by atoms with Crippen LogP contribution in [-0.4, -0.2) is 58.8 Å². The summed E-state index contributed by atoms with van der Waals surface area (Å²) in [5.74, 6) is -6.99. The van der Waals surface area contributed by atoms with Crippen LogP contribution in [0.3, 0.4) is 0 Å². The first-order valence-corrected chi connectivity index (χ1v) is 12.2. The summed E-state index contributed by atoms with van der Waals surface area (Å²) in [6.45, 7) is 4.88. The second-order valence-corrected chi connectivity index (χ2v) is 11.2. The van der Waals surface area contributed by atoms with E-state index in [-0.39, 0.29) is 25.0 Å². The number of halogens is 4. The summed E-state index contributed by atoms with van der Waals surface area (Å²) in [6, 6.07) is 0. The van der Waals surface area contributed by atoms with E-state index in [0.717, 1.165) is 13.0 Å². The highest BCUT2D eigenvalue weighted by molar-refractivity contribution is 6.01. The largest absolute Gasteiger partial charge is 0.490 e. The maximum absolute atomic E-state index is 17.6. The van der Waals surface area contributed by atoms with E-state index >= 15 is 4.39 Å². The highest BCUT2D eigenvalue weighted by Gasteiger charge is 2.77. The van der Waals surface area contributed by atoms with E-state index in [0.29, 0.717) is 5.57 Å². The zero-order valence-electron chi connectivity index (χ0n) is 21.0. The quantitative estimate of drug-likeness (QED) is 0.437. The van der Waals surface area contributed by atoms with E-state index in [1.54, 1.807) is 6.92 Å². The van der Waals surface area contributed by atoms with Gasteiger partial charge in [0.05, 0.1) is 0 Å². The topological polar surface area (TPSA) is 107 Å². The Morgan fingerprint density at radius 3 is 2.43 bits per heavy atom. The van der Waals surface area contributed by atoms with Crippen molar-refractivity contribution in [3.8, 4) is 0 Å². The number of fused-ring (bicyclic) bond motifs is 5. The number of alkyl halides is 4. The highest BCUT2D eigenvalue weighted by atomic mass is 19.4. The number of aliphatic hydroxyl groups is 1. The van der Waals surface area contributed by atoms with Gasteiger partial charge in [-0.25, -0.2) is 9.18 Å². The van der Waals surface area contributed by atoms with Crippen LogP contribution >= 0.6 is 0 Å². The van der Waals surface area contributed by atoms with Crippen molar-refractivity contribution in [1.29, 1.82) is 0 Å². The lowest BCUT2D eigenvalue weighted by molar-refractivity contribution is -0.249. The fraction of sp³-hybridized carbons (Fsp3) is 0.692. The Morgan fingerprint density at radius 1 is 1.19 bits per heavy atom. The zero-order chi connectivity index (χ0) is 27.8. The van der Waals surface area contributed by atoms with Crippen LogP contribution in [0.4, 0.5) is 17.6 Å². The highest BCUT2D eigenvalue weighted by Crippen LogP contribution is 2.71. The molecule has 0 saturated heterocycles. The van der Waals surface area contributed by atoms with Gasteiger partial charge in [0.2, 0.25) is 5.78 Å². The molecule has 4 rings (SSSR count). The molecule has 3 saturated carbocycles. The monoisotopic (exact) mass is 530 g/mol. The molecular weight excluding hydrogens is 500 g/mol. The lowest BCUT2D eigenvalue weighted by atomic mass is 9.44. The minimum absolute atomic E-state index is 0.111. The zero-order valence-corrected chi connectivity index (χ0v) is 21.0. The Hall–Kier alpha value is -2.56. The van der Waals surface area contributed by atoms with Crippen LogP contribution < -0.4 is 0 Å². The van der Waals surface area contributed by atoms with Crippen molar-refractivity contribution >= 4 is 23.5 Å². The van der Waals surface area contributed by atoms with Gasteiger partial charge in [0.15, 0.2) is 18.1 Å². The summed E-state index contributed by atoms with van der Waals surface area (Å²) < 4.78 is 67.2. The van der Waals surface area contributed by atoms with Crippen molar-refractivity contribution in [2.45, 2.75) is 76.9 Å². The second-order valence-electron chi connectivity index (χ2n) is 11.2. The minimum atomic E-state index is -5.40. The molecule has 37 heavy (non-hydrogen) atoms. The maximum atomic E-state index is 17.6. The summed E-state index contributed by atoms with van der Waals surface area (Å²) in [4.78, 5) is 48.6. The first-order valence-electron chi connectivity index (χ1n) is 12.2. The van der Waals surface area contributed by atoms with Crippen LogP contribution in [-0.2, 0) is 28.7 Å². The molecule has 0 spiro atoms. The van der Waals surface area contributed by atoms with Crippen molar-refractivity contribution in [2.75, 3.05) is 6.61 Å². The van der Waals surface area contributed by atoms with Crippen LogP contribution in [0.2, 0.25) is 0 Å². The molecule has 4 aliphatic rings. The molecule has 0 aromatic heterocycles. The van der Waals surface area contributed by atoms with Gasteiger partial charge in [-0.15, -0.1) is 0 Å². The Balaban J connectivity index is 1.85. The smallest absolute Gasteiger partial charge is 0.458 e. The van der Waals surface area contributed by atoms with Gasteiger partial charge in [0.1, 0.15) is 11.7 Å². The number of ketones is 2. The normalized spacial score (nSPS) is 42.7. The van der Waals surface area contributed by atoms with Gasteiger partial charge < -0.3 is 14.6 Å². The number of carbonyl (C=O) groups excluding carboxylic acids is 4. The third-order valence-corrected chi connectivity index (χ3v) is 9.51. The molecule has 0 bridgehead atoms. The first-order chi connectivity index (χ1) is 16.9. The summed E-state index contributed by atoms with van der Waals surface area (Å²) in [6.07, 6.45) is -3.67. The lowest BCUT2D eigenvalue weighted by Gasteiger charge is -2.63. The Labute approximate surface area is 211 Å². The molecule has 0 radical (unpaired) electrons. The van der Waals surface area contributed by atoms with Crippen molar-refractivity contribution < 1.29 is 51.3 Å².